The average Bonchev–Trinajstić information content (AvgIpc) is 3.08. The molecular weight excluding hydrogens is 270 g/mol. The van der Waals surface area contributed by atoms with Gasteiger partial charge in [0.2, 0.25) is 0 Å². The summed E-state index contributed by atoms with van der Waals surface area (Å²) in [7, 11) is 0. The summed E-state index contributed by atoms with van der Waals surface area (Å²) in [5.74, 6) is -0.434. The van der Waals surface area contributed by atoms with Gasteiger partial charge < -0.3 is 11.1 Å². The van der Waals surface area contributed by atoms with E-state index in [0.29, 0.717) is 6.54 Å². The van der Waals surface area contributed by atoms with Crippen molar-refractivity contribution in [1.82, 2.24) is 5.32 Å². The van der Waals surface area contributed by atoms with E-state index in [9.17, 15) is 14.9 Å². The van der Waals surface area contributed by atoms with Gasteiger partial charge in [0, 0.05) is 18.7 Å². The van der Waals surface area contributed by atoms with Crippen LogP contribution in [0, 0.1) is 15.5 Å². The number of carbonyl (C=O) groups is 1. The van der Waals surface area contributed by atoms with E-state index >= 15 is 0 Å². The van der Waals surface area contributed by atoms with Gasteiger partial charge in [-0.25, -0.2) is 0 Å². The van der Waals surface area contributed by atoms with E-state index in [2.05, 4.69) is 12.2 Å². The van der Waals surface area contributed by atoms with Gasteiger partial charge >= 0.3 is 0 Å². The number of halogens is 1. The number of non-ortho nitro benzene ring substituents is 1. The summed E-state index contributed by atoms with van der Waals surface area (Å²) in [5.41, 5.74) is 5.70. The van der Waals surface area contributed by atoms with Crippen molar-refractivity contribution in [3.05, 3.63) is 32.8 Å². The second kappa shape index (κ2) is 4.70. The second-order valence-electron chi connectivity index (χ2n) is 5.14. The Balaban J connectivity index is 2.22. The minimum Gasteiger partial charge on any atom is -0.397 e. The number of amides is 1. The quantitative estimate of drug-likeness (QED) is 0.503. The van der Waals surface area contributed by atoms with E-state index < -0.39 is 10.8 Å². The zero-order valence-electron chi connectivity index (χ0n) is 10.4. The molecule has 1 saturated carbocycles. The number of nitrogens with two attached hydrogens (primary N) is 1. The summed E-state index contributed by atoms with van der Waals surface area (Å²) >= 11 is 5.80. The van der Waals surface area contributed by atoms with Crippen LogP contribution in [0.4, 0.5) is 11.4 Å². The smallest absolute Gasteiger partial charge is 0.271 e. The monoisotopic (exact) mass is 283 g/mol. The van der Waals surface area contributed by atoms with Crippen molar-refractivity contribution in [2.75, 3.05) is 12.3 Å². The van der Waals surface area contributed by atoms with E-state index in [1.54, 1.807) is 0 Å². The van der Waals surface area contributed by atoms with Crippen LogP contribution >= 0.6 is 11.6 Å². The normalized spacial score (nSPS) is 15.9. The highest BCUT2D eigenvalue weighted by Gasteiger charge is 2.37. The molecule has 0 bridgehead atoms. The molecule has 0 spiro atoms. The Hall–Kier alpha value is -1.82. The third-order valence-electron chi connectivity index (χ3n) is 3.35. The topological polar surface area (TPSA) is 98.3 Å². The number of nitrogens with one attached hydrogen (secondary N) is 1. The first-order valence-electron chi connectivity index (χ1n) is 5.84. The van der Waals surface area contributed by atoms with Gasteiger partial charge in [0.1, 0.15) is 0 Å². The molecule has 6 nitrogen and oxygen atoms in total. The number of hydrogen-bond donors (Lipinski definition) is 2. The van der Waals surface area contributed by atoms with Gasteiger partial charge in [0.25, 0.3) is 11.6 Å². The van der Waals surface area contributed by atoms with Crippen LogP contribution in [0.5, 0.6) is 0 Å². The molecule has 0 atom stereocenters. The number of hydrogen-bond acceptors (Lipinski definition) is 4. The second-order valence-corrected chi connectivity index (χ2v) is 5.55. The lowest BCUT2D eigenvalue weighted by molar-refractivity contribution is -0.384. The highest BCUT2D eigenvalue weighted by molar-refractivity contribution is 6.34. The molecule has 19 heavy (non-hydrogen) atoms. The molecule has 1 aromatic rings. The largest absolute Gasteiger partial charge is 0.397 e. The zero-order chi connectivity index (χ0) is 14.2. The number of carbonyl (C=O) groups excluding carboxylic acids is 1. The molecule has 1 fully saturated rings. The van der Waals surface area contributed by atoms with Crippen LogP contribution in [0.3, 0.4) is 0 Å². The lowest BCUT2D eigenvalue weighted by Gasteiger charge is -2.12. The molecule has 0 saturated heterocycles. The average molecular weight is 284 g/mol. The van der Waals surface area contributed by atoms with Crippen molar-refractivity contribution in [2.45, 2.75) is 19.8 Å². The van der Waals surface area contributed by atoms with Crippen molar-refractivity contribution < 1.29 is 9.72 Å². The van der Waals surface area contributed by atoms with Crippen LogP contribution in [0.2, 0.25) is 5.02 Å². The van der Waals surface area contributed by atoms with Crippen molar-refractivity contribution in [3.8, 4) is 0 Å². The standard InChI is InChI=1S/C12H14ClN3O3/c1-12(2-3-12)6-15-11(17)8-4-7(16(18)19)5-9(13)10(8)14/h4-5H,2-3,6,14H2,1H3,(H,15,17). The fourth-order valence-electron chi connectivity index (χ4n) is 1.68. The predicted octanol–water partition coefficient (Wildman–Crippen LogP) is 2.36. The van der Waals surface area contributed by atoms with Crippen molar-refractivity contribution in [1.29, 1.82) is 0 Å². The summed E-state index contributed by atoms with van der Waals surface area (Å²) in [6, 6.07) is 2.28. The molecule has 3 N–H and O–H groups in total. The number of nitrogens with zero attached hydrogens (tertiary/aromatic N) is 1. The molecule has 1 aromatic carbocycles. The first-order chi connectivity index (χ1) is 8.82. The molecule has 0 unspecified atom stereocenters. The van der Waals surface area contributed by atoms with E-state index in [4.69, 9.17) is 17.3 Å². The van der Waals surface area contributed by atoms with Gasteiger partial charge in [0.15, 0.2) is 0 Å². The zero-order valence-corrected chi connectivity index (χ0v) is 11.2. The maximum Gasteiger partial charge on any atom is 0.271 e. The fraction of sp³-hybridized carbons (Fsp3) is 0.417. The van der Waals surface area contributed by atoms with E-state index in [1.165, 1.54) is 0 Å². The van der Waals surface area contributed by atoms with Gasteiger partial charge in [-0.3, -0.25) is 14.9 Å². The Bertz CT molecular complexity index is 555. The van der Waals surface area contributed by atoms with Crippen LogP contribution in [0.1, 0.15) is 30.1 Å². The Morgan fingerprint density at radius 3 is 2.74 bits per heavy atom. The summed E-state index contributed by atoms with van der Waals surface area (Å²) in [6.07, 6.45) is 2.14. The first kappa shape index (κ1) is 13.6. The van der Waals surface area contributed by atoms with Crippen LogP contribution < -0.4 is 11.1 Å². The summed E-state index contributed by atoms with van der Waals surface area (Å²) in [5, 5.41) is 13.5. The third kappa shape index (κ3) is 2.96. The number of anilines is 1. The van der Waals surface area contributed by atoms with E-state index in [0.717, 1.165) is 25.0 Å². The maximum absolute atomic E-state index is 12.0. The van der Waals surface area contributed by atoms with E-state index in [1.807, 2.05) is 0 Å². The third-order valence-corrected chi connectivity index (χ3v) is 3.66. The Labute approximate surface area is 115 Å². The first-order valence-corrected chi connectivity index (χ1v) is 6.22. The summed E-state index contributed by atoms with van der Waals surface area (Å²) < 4.78 is 0. The van der Waals surface area contributed by atoms with Crippen molar-refractivity contribution >= 4 is 28.9 Å². The lowest BCUT2D eigenvalue weighted by atomic mass is 10.1. The Kier molecular flexibility index (Phi) is 3.36. The number of nitro benzene ring substituents is 1. The highest BCUT2D eigenvalue weighted by Crippen LogP contribution is 2.44. The molecule has 7 heteroatoms. The summed E-state index contributed by atoms with van der Waals surface area (Å²) in [6.45, 7) is 2.60. The van der Waals surface area contributed by atoms with Gasteiger partial charge in [-0.1, -0.05) is 18.5 Å². The SMILES string of the molecule is CC1(CNC(=O)c2cc([N+](=O)[O-])cc(Cl)c2N)CC1. The van der Waals surface area contributed by atoms with Gasteiger partial charge in [-0.15, -0.1) is 0 Å². The number of rotatable bonds is 4. The minimum absolute atomic E-state index is 0.0111. The van der Waals surface area contributed by atoms with Gasteiger partial charge in [-0.2, -0.15) is 0 Å². The Morgan fingerprint density at radius 1 is 1.58 bits per heavy atom. The van der Waals surface area contributed by atoms with Gasteiger partial charge in [-0.05, 0) is 18.3 Å². The summed E-state index contributed by atoms with van der Waals surface area (Å²) in [4.78, 5) is 22.1. The molecule has 2 rings (SSSR count). The number of benzene rings is 1. The van der Waals surface area contributed by atoms with Crippen LogP contribution in [0.15, 0.2) is 12.1 Å². The molecular formula is C12H14ClN3O3. The van der Waals surface area contributed by atoms with Crippen LogP contribution in [0.25, 0.3) is 0 Å². The van der Waals surface area contributed by atoms with Crippen LogP contribution in [-0.4, -0.2) is 17.4 Å². The van der Waals surface area contributed by atoms with Crippen molar-refractivity contribution in [3.63, 3.8) is 0 Å². The molecule has 0 aromatic heterocycles. The maximum atomic E-state index is 12.0. The molecule has 1 aliphatic carbocycles. The Morgan fingerprint density at radius 2 is 2.21 bits per heavy atom. The van der Waals surface area contributed by atoms with E-state index in [-0.39, 0.29) is 27.4 Å². The number of nitrogen functional groups attached to an aromatic ring is 1. The predicted molar refractivity (Wildman–Crippen MR) is 72.2 cm³/mol. The molecule has 0 radical (unpaired) electrons. The molecule has 102 valence electrons. The molecule has 0 heterocycles. The molecule has 1 aliphatic rings. The van der Waals surface area contributed by atoms with Crippen LogP contribution in [-0.2, 0) is 0 Å². The number of nitro groups is 1. The lowest BCUT2D eigenvalue weighted by Crippen LogP contribution is -2.29. The fourth-order valence-corrected chi connectivity index (χ4v) is 1.89. The van der Waals surface area contributed by atoms with Gasteiger partial charge in [0.05, 0.1) is 21.2 Å². The minimum atomic E-state index is -0.607. The van der Waals surface area contributed by atoms with Crippen molar-refractivity contribution in [2.24, 2.45) is 5.41 Å². The highest BCUT2D eigenvalue weighted by atomic mass is 35.5. The molecule has 0 aliphatic heterocycles. The molecule has 1 amide bonds.